The van der Waals surface area contributed by atoms with Crippen LogP contribution in [0.3, 0.4) is 0 Å². The number of nitrogens with zero attached hydrogens (tertiary/aromatic N) is 1. The minimum atomic E-state index is -1.62. The van der Waals surface area contributed by atoms with Crippen LogP contribution in [-0.4, -0.2) is 39.2 Å². The second kappa shape index (κ2) is 7.01. The Kier molecular flexibility index (Phi) is 5.98. The van der Waals surface area contributed by atoms with E-state index in [0.717, 1.165) is 44.1 Å². The van der Waals surface area contributed by atoms with Gasteiger partial charge in [0.25, 0.3) is 0 Å². The predicted octanol–water partition coefficient (Wildman–Crippen LogP) is 3.20. The first-order valence-corrected chi connectivity index (χ1v) is 9.26. The highest BCUT2D eigenvalue weighted by atomic mass is 28.4. The topological polar surface area (TPSA) is 38.8 Å². The molecule has 0 aromatic rings. The quantitative estimate of drug-likeness (QED) is 0.543. The zero-order valence-electron chi connectivity index (χ0n) is 11.3. The van der Waals surface area contributed by atoms with Crippen LogP contribution in [0.1, 0.15) is 33.6 Å². The molecule has 0 atom stereocenters. The van der Waals surface area contributed by atoms with Gasteiger partial charge in [0.05, 0.1) is 0 Å². The number of ether oxygens (including phenoxy) is 1. The maximum atomic E-state index is 11.6. The smallest absolute Gasteiger partial charge is 0.411 e. The highest BCUT2D eigenvalue weighted by Gasteiger charge is 2.29. The molecule has 1 saturated heterocycles. The van der Waals surface area contributed by atoms with Gasteiger partial charge in [-0.15, -0.1) is 0 Å². The summed E-state index contributed by atoms with van der Waals surface area (Å²) >= 11 is 0. The van der Waals surface area contributed by atoms with E-state index in [1.165, 1.54) is 0 Å². The van der Waals surface area contributed by atoms with Gasteiger partial charge in [-0.2, -0.15) is 0 Å². The SMILES string of the molecule is CC[Si](CC)(CC)OCOC(=O)N1CCCC1. The fourth-order valence-corrected chi connectivity index (χ4v) is 4.67. The maximum Gasteiger partial charge on any atom is 0.411 e. The van der Waals surface area contributed by atoms with Crippen LogP contribution >= 0.6 is 0 Å². The summed E-state index contributed by atoms with van der Waals surface area (Å²) in [6, 6.07) is 3.25. The van der Waals surface area contributed by atoms with Crippen LogP contribution in [0, 0.1) is 0 Å². The number of likely N-dealkylation sites (tertiary alicyclic amines) is 1. The lowest BCUT2D eigenvalue weighted by molar-refractivity contribution is 0.0333. The Morgan fingerprint density at radius 3 is 2.12 bits per heavy atom. The van der Waals surface area contributed by atoms with Crippen LogP contribution in [0.15, 0.2) is 0 Å². The Morgan fingerprint density at radius 2 is 1.65 bits per heavy atom. The zero-order chi connectivity index (χ0) is 12.7. The van der Waals surface area contributed by atoms with Crippen molar-refractivity contribution in [3.8, 4) is 0 Å². The van der Waals surface area contributed by atoms with Gasteiger partial charge in [-0.25, -0.2) is 4.79 Å². The van der Waals surface area contributed by atoms with Crippen molar-refractivity contribution in [2.24, 2.45) is 0 Å². The van der Waals surface area contributed by atoms with E-state index in [1.54, 1.807) is 4.90 Å². The highest BCUT2D eigenvalue weighted by Crippen LogP contribution is 2.21. The molecule has 0 aromatic carbocycles. The normalized spacial score (nSPS) is 16.3. The summed E-state index contributed by atoms with van der Waals surface area (Å²) in [6.07, 6.45) is 1.97. The lowest BCUT2D eigenvalue weighted by Gasteiger charge is -2.27. The van der Waals surface area contributed by atoms with Crippen molar-refractivity contribution in [1.29, 1.82) is 0 Å². The third-order valence-electron chi connectivity index (χ3n) is 3.84. The Morgan fingerprint density at radius 1 is 1.12 bits per heavy atom. The molecule has 100 valence electrons. The van der Waals surface area contributed by atoms with Crippen molar-refractivity contribution in [2.45, 2.75) is 51.7 Å². The molecule has 0 spiro atoms. The van der Waals surface area contributed by atoms with Crippen molar-refractivity contribution in [3.63, 3.8) is 0 Å². The largest absolute Gasteiger partial charge is 0.423 e. The molecule has 1 rings (SSSR count). The van der Waals surface area contributed by atoms with Crippen LogP contribution in [0.4, 0.5) is 4.79 Å². The molecule has 1 amide bonds. The first-order valence-electron chi connectivity index (χ1n) is 6.73. The number of amides is 1. The molecular weight excluding hydrogens is 234 g/mol. The Balaban J connectivity index is 2.28. The van der Waals surface area contributed by atoms with Crippen LogP contribution < -0.4 is 0 Å². The van der Waals surface area contributed by atoms with Gasteiger partial charge < -0.3 is 14.1 Å². The van der Waals surface area contributed by atoms with E-state index in [4.69, 9.17) is 9.16 Å². The Labute approximate surface area is 105 Å². The molecule has 0 N–H and O–H groups in total. The molecule has 1 aliphatic rings. The lowest BCUT2D eigenvalue weighted by atomic mass is 10.4. The van der Waals surface area contributed by atoms with Crippen LogP contribution in [0.2, 0.25) is 18.1 Å². The van der Waals surface area contributed by atoms with Gasteiger partial charge in [0.2, 0.25) is 0 Å². The van der Waals surface area contributed by atoms with Crippen LogP contribution in [0.25, 0.3) is 0 Å². The number of hydrogen-bond donors (Lipinski definition) is 0. The molecule has 0 saturated carbocycles. The second-order valence-electron chi connectivity index (χ2n) is 4.61. The number of hydrogen-bond acceptors (Lipinski definition) is 3. The third-order valence-corrected chi connectivity index (χ3v) is 8.44. The monoisotopic (exact) mass is 259 g/mol. The molecule has 4 nitrogen and oxygen atoms in total. The van der Waals surface area contributed by atoms with Gasteiger partial charge in [0, 0.05) is 13.1 Å². The summed E-state index contributed by atoms with van der Waals surface area (Å²) in [4.78, 5) is 13.4. The van der Waals surface area contributed by atoms with E-state index >= 15 is 0 Å². The average molecular weight is 259 g/mol. The molecule has 5 heteroatoms. The van der Waals surface area contributed by atoms with Crippen molar-refractivity contribution in [1.82, 2.24) is 4.90 Å². The van der Waals surface area contributed by atoms with Gasteiger partial charge in [0.1, 0.15) is 0 Å². The Hall–Kier alpha value is -0.553. The second-order valence-corrected chi connectivity index (χ2v) is 9.39. The van der Waals surface area contributed by atoms with E-state index in [9.17, 15) is 4.79 Å². The number of carbonyl (C=O) groups is 1. The van der Waals surface area contributed by atoms with E-state index in [2.05, 4.69) is 20.8 Å². The number of carbonyl (C=O) groups excluding carboxylic acids is 1. The minimum absolute atomic E-state index is 0.136. The molecule has 0 aromatic heterocycles. The van der Waals surface area contributed by atoms with Gasteiger partial charge in [-0.3, -0.25) is 0 Å². The van der Waals surface area contributed by atoms with Crippen molar-refractivity contribution in [3.05, 3.63) is 0 Å². The molecule has 0 aliphatic carbocycles. The van der Waals surface area contributed by atoms with Crippen molar-refractivity contribution < 1.29 is 14.0 Å². The van der Waals surface area contributed by atoms with Gasteiger partial charge in [-0.05, 0) is 31.0 Å². The molecule has 0 unspecified atom stereocenters. The molecule has 1 heterocycles. The standard InChI is InChI=1S/C12H25NO3Si/c1-4-17(5-2,6-3)16-11-15-12(14)13-9-7-8-10-13/h4-11H2,1-3H3. The maximum absolute atomic E-state index is 11.6. The summed E-state index contributed by atoms with van der Waals surface area (Å²) in [7, 11) is -1.62. The van der Waals surface area contributed by atoms with Crippen LogP contribution in [0.5, 0.6) is 0 Å². The molecule has 1 fully saturated rings. The summed E-state index contributed by atoms with van der Waals surface area (Å²) in [5.74, 6) is 0. The highest BCUT2D eigenvalue weighted by molar-refractivity contribution is 6.73. The van der Waals surface area contributed by atoms with Crippen LogP contribution in [-0.2, 0) is 9.16 Å². The molecule has 0 radical (unpaired) electrons. The molecular formula is C12H25NO3Si. The Bertz CT molecular complexity index is 230. The first-order chi connectivity index (χ1) is 8.17. The lowest BCUT2D eigenvalue weighted by Crippen LogP contribution is -2.38. The zero-order valence-corrected chi connectivity index (χ0v) is 12.3. The van der Waals surface area contributed by atoms with Gasteiger partial charge in [-0.1, -0.05) is 20.8 Å². The van der Waals surface area contributed by atoms with E-state index in [-0.39, 0.29) is 12.9 Å². The molecule has 17 heavy (non-hydrogen) atoms. The minimum Gasteiger partial charge on any atom is -0.423 e. The predicted molar refractivity (Wildman–Crippen MR) is 70.4 cm³/mol. The fourth-order valence-electron chi connectivity index (χ4n) is 2.25. The fraction of sp³-hybridized carbons (Fsp3) is 0.917. The average Bonchev–Trinajstić information content (AvgIpc) is 2.89. The summed E-state index contributed by atoms with van der Waals surface area (Å²) < 4.78 is 11.1. The summed E-state index contributed by atoms with van der Waals surface area (Å²) in [5, 5.41) is 0. The number of rotatable bonds is 6. The summed E-state index contributed by atoms with van der Waals surface area (Å²) in [6.45, 7) is 8.30. The first kappa shape index (κ1) is 14.5. The third kappa shape index (κ3) is 3.99. The van der Waals surface area contributed by atoms with Crippen molar-refractivity contribution in [2.75, 3.05) is 19.9 Å². The van der Waals surface area contributed by atoms with Crippen molar-refractivity contribution >= 4 is 14.4 Å². The molecule has 0 bridgehead atoms. The van der Waals surface area contributed by atoms with E-state index < -0.39 is 8.32 Å². The van der Waals surface area contributed by atoms with E-state index in [0.29, 0.717) is 0 Å². The summed E-state index contributed by atoms with van der Waals surface area (Å²) in [5.41, 5.74) is 0. The molecule has 1 aliphatic heterocycles. The van der Waals surface area contributed by atoms with E-state index in [1.807, 2.05) is 0 Å². The van der Waals surface area contributed by atoms with Gasteiger partial charge >= 0.3 is 6.09 Å². The van der Waals surface area contributed by atoms with Gasteiger partial charge in [0.15, 0.2) is 15.1 Å².